The smallest absolute Gasteiger partial charge is 0.175 e. The lowest BCUT2D eigenvalue weighted by Crippen LogP contribution is -2.23. The molecule has 6 heteroatoms. The molecule has 21 heavy (non-hydrogen) atoms. The molecule has 1 unspecified atom stereocenters. The van der Waals surface area contributed by atoms with E-state index >= 15 is 0 Å². The molecule has 0 saturated carbocycles. The molecule has 0 fully saturated rings. The minimum atomic E-state index is -3.11. The average Bonchev–Trinajstić information content (AvgIpc) is 2.84. The van der Waals surface area contributed by atoms with E-state index in [-0.39, 0.29) is 6.04 Å². The van der Waals surface area contributed by atoms with Crippen molar-refractivity contribution in [3.63, 3.8) is 0 Å². The molecule has 1 N–H and O–H groups in total. The van der Waals surface area contributed by atoms with Crippen LogP contribution in [0.25, 0.3) is 0 Å². The third-order valence-corrected chi connectivity index (χ3v) is 4.64. The Kier molecular flexibility index (Phi) is 4.80. The fourth-order valence-electron chi connectivity index (χ4n) is 2.23. The molecule has 1 atom stereocenters. The molecule has 0 aliphatic rings. The highest BCUT2D eigenvalue weighted by atomic mass is 32.2. The summed E-state index contributed by atoms with van der Waals surface area (Å²) in [5, 5.41) is 3.44. The molecule has 114 valence electrons. The molecule has 0 aliphatic carbocycles. The van der Waals surface area contributed by atoms with Gasteiger partial charge in [0.05, 0.1) is 16.9 Å². The van der Waals surface area contributed by atoms with Crippen LogP contribution in [0.1, 0.15) is 24.2 Å². The minimum Gasteiger partial charge on any atom is -0.336 e. The van der Waals surface area contributed by atoms with Crippen LogP contribution in [-0.4, -0.2) is 30.8 Å². The van der Waals surface area contributed by atoms with Crippen molar-refractivity contribution in [3.8, 4) is 0 Å². The Balaban J connectivity index is 1.88. The Morgan fingerprint density at radius 1 is 1.29 bits per heavy atom. The van der Waals surface area contributed by atoms with Crippen molar-refractivity contribution in [2.75, 3.05) is 12.8 Å². The Morgan fingerprint density at radius 2 is 1.95 bits per heavy atom. The number of nitrogens with zero attached hydrogens (tertiary/aromatic N) is 2. The van der Waals surface area contributed by atoms with Gasteiger partial charge in [0.2, 0.25) is 0 Å². The van der Waals surface area contributed by atoms with E-state index in [2.05, 4.69) is 17.2 Å². The van der Waals surface area contributed by atoms with Crippen molar-refractivity contribution < 1.29 is 8.42 Å². The Bertz CT molecular complexity index is 690. The SMILES string of the molecule is CC(NCCc1ccc(S(C)(=O)=O)cc1)c1cncn1C. The van der Waals surface area contributed by atoms with Crippen molar-refractivity contribution >= 4 is 9.84 Å². The Labute approximate surface area is 125 Å². The molecule has 0 saturated heterocycles. The van der Waals surface area contributed by atoms with Crippen LogP contribution >= 0.6 is 0 Å². The number of benzene rings is 1. The third-order valence-electron chi connectivity index (χ3n) is 3.51. The van der Waals surface area contributed by atoms with Gasteiger partial charge in [-0.2, -0.15) is 0 Å². The summed E-state index contributed by atoms with van der Waals surface area (Å²) in [5.74, 6) is 0. The van der Waals surface area contributed by atoms with Crippen molar-refractivity contribution in [1.82, 2.24) is 14.9 Å². The largest absolute Gasteiger partial charge is 0.336 e. The van der Waals surface area contributed by atoms with E-state index in [9.17, 15) is 8.42 Å². The van der Waals surface area contributed by atoms with E-state index in [1.54, 1.807) is 18.5 Å². The lowest BCUT2D eigenvalue weighted by molar-refractivity contribution is 0.547. The monoisotopic (exact) mass is 307 g/mol. The third kappa shape index (κ3) is 4.15. The maximum absolute atomic E-state index is 11.4. The van der Waals surface area contributed by atoms with E-state index in [1.165, 1.54) is 6.26 Å². The predicted molar refractivity (Wildman–Crippen MR) is 82.9 cm³/mol. The number of imidazole rings is 1. The van der Waals surface area contributed by atoms with Gasteiger partial charge in [0.25, 0.3) is 0 Å². The molecule has 1 aromatic heterocycles. The molecule has 1 aromatic carbocycles. The predicted octanol–water partition coefficient (Wildman–Crippen LogP) is 1.72. The fraction of sp³-hybridized carbons (Fsp3) is 0.400. The summed E-state index contributed by atoms with van der Waals surface area (Å²) in [6.45, 7) is 2.92. The van der Waals surface area contributed by atoms with Gasteiger partial charge < -0.3 is 9.88 Å². The fourth-order valence-corrected chi connectivity index (χ4v) is 2.86. The van der Waals surface area contributed by atoms with E-state index < -0.39 is 9.84 Å². The van der Waals surface area contributed by atoms with Gasteiger partial charge in [0, 0.05) is 25.5 Å². The highest BCUT2D eigenvalue weighted by Crippen LogP contribution is 2.12. The van der Waals surface area contributed by atoms with Crippen LogP contribution in [0.3, 0.4) is 0 Å². The lowest BCUT2D eigenvalue weighted by atomic mass is 10.1. The van der Waals surface area contributed by atoms with E-state index in [0.29, 0.717) is 4.90 Å². The number of rotatable bonds is 6. The summed E-state index contributed by atoms with van der Waals surface area (Å²) in [4.78, 5) is 4.47. The molecule has 0 bridgehead atoms. The maximum Gasteiger partial charge on any atom is 0.175 e. The minimum absolute atomic E-state index is 0.229. The zero-order valence-electron chi connectivity index (χ0n) is 12.6. The van der Waals surface area contributed by atoms with E-state index in [4.69, 9.17) is 0 Å². The molecule has 2 rings (SSSR count). The number of sulfone groups is 1. The van der Waals surface area contributed by atoms with Gasteiger partial charge in [-0.3, -0.25) is 0 Å². The van der Waals surface area contributed by atoms with Crippen LogP contribution in [0.5, 0.6) is 0 Å². The molecule has 5 nitrogen and oxygen atoms in total. The molecule has 0 radical (unpaired) electrons. The summed E-state index contributed by atoms with van der Waals surface area (Å²) >= 11 is 0. The second-order valence-electron chi connectivity index (χ2n) is 5.27. The summed E-state index contributed by atoms with van der Waals surface area (Å²) in [7, 11) is -1.14. The van der Waals surface area contributed by atoms with Gasteiger partial charge in [0.15, 0.2) is 9.84 Å². The standard InChI is InChI=1S/C15H21N3O2S/c1-12(15-10-16-11-18(15)2)17-9-8-13-4-6-14(7-5-13)21(3,19)20/h4-7,10-12,17H,8-9H2,1-3H3. The first-order chi connectivity index (χ1) is 9.88. The van der Waals surface area contributed by atoms with E-state index in [0.717, 1.165) is 24.2 Å². The lowest BCUT2D eigenvalue weighted by Gasteiger charge is -2.14. The zero-order chi connectivity index (χ0) is 15.5. The van der Waals surface area contributed by atoms with Gasteiger partial charge in [-0.05, 0) is 37.6 Å². The van der Waals surface area contributed by atoms with Crippen molar-refractivity contribution in [3.05, 3.63) is 48.0 Å². The van der Waals surface area contributed by atoms with Crippen LogP contribution in [-0.2, 0) is 23.3 Å². The van der Waals surface area contributed by atoms with Crippen LogP contribution in [0.2, 0.25) is 0 Å². The molecule has 0 amide bonds. The van der Waals surface area contributed by atoms with Crippen molar-refractivity contribution in [1.29, 1.82) is 0 Å². The highest BCUT2D eigenvalue weighted by Gasteiger charge is 2.09. The molecule has 2 aromatic rings. The van der Waals surface area contributed by atoms with Crippen molar-refractivity contribution in [2.24, 2.45) is 7.05 Å². The second-order valence-corrected chi connectivity index (χ2v) is 7.29. The van der Waals surface area contributed by atoms with Crippen LogP contribution in [0, 0.1) is 0 Å². The number of hydrogen-bond acceptors (Lipinski definition) is 4. The Hall–Kier alpha value is -1.66. The number of hydrogen-bond donors (Lipinski definition) is 1. The van der Waals surface area contributed by atoms with Crippen LogP contribution in [0.4, 0.5) is 0 Å². The number of aryl methyl sites for hydroxylation is 1. The first kappa shape index (κ1) is 15.7. The average molecular weight is 307 g/mol. The van der Waals surface area contributed by atoms with Gasteiger partial charge >= 0.3 is 0 Å². The van der Waals surface area contributed by atoms with Gasteiger partial charge in [-0.25, -0.2) is 13.4 Å². The summed E-state index contributed by atoms with van der Waals surface area (Å²) in [6, 6.07) is 7.29. The summed E-state index contributed by atoms with van der Waals surface area (Å²) < 4.78 is 24.8. The second kappa shape index (κ2) is 6.41. The molecular weight excluding hydrogens is 286 g/mol. The van der Waals surface area contributed by atoms with Crippen molar-refractivity contribution in [2.45, 2.75) is 24.3 Å². The van der Waals surface area contributed by atoms with Gasteiger partial charge in [-0.1, -0.05) is 12.1 Å². The number of nitrogens with one attached hydrogen (secondary N) is 1. The molecule has 0 spiro atoms. The Morgan fingerprint density at radius 3 is 2.48 bits per heavy atom. The number of aromatic nitrogens is 2. The van der Waals surface area contributed by atoms with Crippen LogP contribution < -0.4 is 5.32 Å². The zero-order valence-corrected chi connectivity index (χ0v) is 13.4. The van der Waals surface area contributed by atoms with Gasteiger partial charge in [0.1, 0.15) is 0 Å². The maximum atomic E-state index is 11.4. The summed E-state index contributed by atoms with van der Waals surface area (Å²) in [6.07, 6.45) is 5.72. The molecule has 0 aliphatic heterocycles. The first-order valence-corrected chi connectivity index (χ1v) is 8.75. The highest BCUT2D eigenvalue weighted by molar-refractivity contribution is 7.90. The quantitative estimate of drug-likeness (QED) is 0.882. The van der Waals surface area contributed by atoms with E-state index in [1.807, 2.05) is 29.9 Å². The molecule has 1 heterocycles. The van der Waals surface area contributed by atoms with Gasteiger partial charge in [-0.15, -0.1) is 0 Å². The summed E-state index contributed by atoms with van der Waals surface area (Å²) in [5.41, 5.74) is 2.26. The van der Waals surface area contributed by atoms with Crippen LogP contribution in [0.15, 0.2) is 41.7 Å². The normalized spacial score (nSPS) is 13.3. The molecular formula is C15H21N3O2S. The topological polar surface area (TPSA) is 64.0 Å². The first-order valence-electron chi connectivity index (χ1n) is 6.86.